The van der Waals surface area contributed by atoms with E-state index in [9.17, 15) is 5.11 Å². The molecule has 1 aromatic rings. The number of nitrogens with zero attached hydrogens (tertiary/aromatic N) is 2. The maximum atomic E-state index is 9.26. The van der Waals surface area contributed by atoms with Crippen LogP contribution >= 0.6 is 0 Å². The molecule has 12 heavy (non-hydrogen) atoms. The van der Waals surface area contributed by atoms with E-state index in [1.165, 1.54) is 12.3 Å². The van der Waals surface area contributed by atoms with E-state index in [0.717, 1.165) is 0 Å². The van der Waals surface area contributed by atoms with E-state index in [4.69, 9.17) is 11.0 Å². The van der Waals surface area contributed by atoms with Gasteiger partial charge in [-0.1, -0.05) is 0 Å². The number of hydrogen-bond donors (Lipinski definition) is 2. The highest BCUT2D eigenvalue weighted by Crippen LogP contribution is 2.20. The maximum Gasteiger partial charge on any atom is 0.138 e. The van der Waals surface area contributed by atoms with Crippen molar-refractivity contribution in [3.05, 3.63) is 24.0 Å². The molecule has 0 saturated carbocycles. The monoisotopic (exact) mass is 163 g/mol. The molecule has 0 fully saturated rings. The normalized spacial score (nSPS) is 12.0. The molecule has 4 heteroatoms. The molecule has 1 rings (SSSR count). The molecule has 0 bridgehead atoms. The average Bonchev–Trinajstić information content (AvgIpc) is 2.05. The molecule has 0 saturated heterocycles. The molecule has 1 aromatic heterocycles. The number of pyridine rings is 1. The third-order valence-electron chi connectivity index (χ3n) is 1.48. The van der Waals surface area contributed by atoms with Crippen LogP contribution in [0.25, 0.3) is 0 Å². The van der Waals surface area contributed by atoms with Gasteiger partial charge in [0.1, 0.15) is 5.75 Å². The number of nitriles is 1. The molecule has 0 radical (unpaired) electrons. The third-order valence-corrected chi connectivity index (χ3v) is 1.48. The van der Waals surface area contributed by atoms with Gasteiger partial charge in [-0.15, -0.1) is 0 Å². The average molecular weight is 163 g/mol. The summed E-state index contributed by atoms with van der Waals surface area (Å²) in [4.78, 5) is 3.87. The Morgan fingerprint density at radius 1 is 1.75 bits per heavy atom. The van der Waals surface area contributed by atoms with E-state index in [0.29, 0.717) is 5.69 Å². The summed E-state index contributed by atoms with van der Waals surface area (Å²) in [6, 6.07) is 4.52. The van der Waals surface area contributed by atoms with Crippen LogP contribution in [0, 0.1) is 11.3 Å². The zero-order valence-corrected chi connectivity index (χ0v) is 6.44. The standard InChI is InChI=1S/C8H9N3O/c9-4-3-6(10)8-7(12)2-1-5-11-8/h1-2,5-6,12H,3,10H2. The summed E-state index contributed by atoms with van der Waals surface area (Å²) in [5.74, 6) is 0.0419. The Morgan fingerprint density at radius 3 is 3.08 bits per heavy atom. The van der Waals surface area contributed by atoms with Gasteiger partial charge in [0, 0.05) is 6.20 Å². The van der Waals surface area contributed by atoms with E-state index in [-0.39, 0.29) is 12.2 Å². The summed E-state index contributed by atoms with van der Waals surface area (Å²) < 4.78 is 0. The molecule has 0 aliphatic rings. The number of nitrogens with two attached hydrogens (primary N) is 1. The lowest BCUT2D eigenvalue weighted by atomic mass is 10.1. The molecule has 1 atom stereocenters. The van der Waals surface area contributed by atoms with Crippen molar-refractivity contribution < 1.29 is 5.11 Å². The first kappa shape index (κ1) is 8.50. The molecule has 0 aromatic carbocycles. The van der Waals surface area contributed by atoms with Gasteiger partial charge in [0.15, 0.2) is 0 Å². The number of rotatable bonds is 2. The van der Waals surface area contributed by atoms with E-state index >= 15 is 0 Å². The number of aromatic hydroxyl groups is 1. The van der Waals surface area contributed by atoms with Gasteiger partial charge in [-0.3, -0.25) is 4.98 Å². The fraction of sp³-hybridized carbons (Fsp3) is 0.250. The molecule has 62 valence electrons. The fourth-order valence-electron chi connectivity index (χ4n) is 0.890. The molecule has 0 aliphatic carbocycles. The second-order valence-electron chi connectivity index (χ2n) is 2.38. The first-order valence-corrected chi connectivity index (χ1v) is 3.52. The Hall–Kier alpha value is -1.60. The Morgan fingerprint density at radius 2 is 2.50 bits per heavy atom. The molecular weight excluding hydrogens is 154 g/mol. The van der Waals surface area contributed by atoms with Crippen LogP contribution in [0.1, 0.15) is 18.2 Å². The maximum absolute atomic E-state index is 9.26. The summed E-state index contributed by atoms with van der Waals surface area (Å²) in [5.41, 5.74) is 5.94. The Kier molecular flexibility index (Phi) is 2.62. The highest BCUT2D eigenvalue weighted by atomic mass is 16.3. The largest absolute Gasteiger partial charge is 0.506 e. The van der Waals surface area contributed by atoms with Gasteiger partial charge >= 0.3 is 0 Å². The predicted molar refractivity (Wildman–Crippen MR) is 43.1 cm³/mol. The van der Waals surface area contributed by atoms with Crippen LogP contribution in [0.2, 0.25) is 0 Å². The van der Waals surface area contributed by atoms with Gasteiger partial charge in [0.05, 0.1) is 24.2 Å². The fourth-order valence-corrected chi connectivity index (χ4v) is 0.890. The Bertz CT molecular complexity index is 305. The van der Waals surface area contributed by atoms with Crippen LogP contribution in [0.15, 0.2) is 18.3 Å². The summed E-state index contributed by atoms with van der Waals surface area (Å²) in [5, 5.41) is 17.6. The number of hydrogen-bond acceptors (Lipinski definition) is 4. The van der Waals surface area contributed by atoms with Crippen molar-refractivity contribution in [3.63, 3.8) is 0 Å². The van der Waals surface area contributed by atoms with Gasteiger partial charge in [0.25, 0.3) is 0 Å². The highest BCUT2D eigenvalue weighted by Gasteiger charge is 2.10. The smallest absolute Gasteiger partial charge is 0.138 e. The van der Waals surface area contributed by atoms with Crippen molar-refractivity contribution in [3.8, 4) is 11.8 Å². The molecule has 0 spiro atoms. The van der Waals surface area contributed by atoms with Gasteiger partial charge in [-0.25, -0.2) is 0 Å². The Labute approximate surface area is 70.3 Å². The summed E-state index contributed by atoms with van der Waals surface area (Å²) in [6.45, 7) is 0. The SMILES string of the molecule is N#CCC(N)c1ncccc1O. The lowest BCUT2D eigenvalue weighted by Crippen LogP contribution is -2.11. The predicted octanol–water partition coefficient (Wildman–Crippen LogP) is 0.701. The topological polar surface area (TPSA) is 82.9 Å². The molecule has 0 aliphatic heterocycles. The van der Waals surface area contributed by atoms with E-state index in [2.05, 4.69) is 4.98 Å². The summed E-state index contributed by atoms with van der Waals surface area (Å²) in [7, 11) is 0. The minimum absolute atomic E-state index is 0.0419. The van der Waals surface area contributed by atoms with Crippen molar-refractivity contribution in [1.82, 2.24) is 4.98 Å². The molecule has 0 amide bonds. The van der Waals surface area contributed by atoms with Gasteiger partial charge in [0.2, 0.25) is 0 Å². The van der Waals surface area contributed by atoms with Crippen molar-refractivity contribution in [2.45, 2.75) is 12.5 Å². The van der Waals surface area contributed by atoms with Crippen molar-refractivity contribution in [2.75, 3.05) is 0 Å². The van der Waals surface area contributed by atoms with Crippen molar-refractivity contribution in [2.24, 2.45) is 5.73 Å². The molecular formula is C8H9N3O. The third kappa shape index (κ3) is 1.71. The number of aromatic nitrogens is 1. The summed E-state index contributed by atoms with van der Waals surface area (Å²) >= 11 is 0. The Balaban J connectivity index is 2.88. The van der Waals surface area contributed by atoms with Crippen LogP contribution in [-0.4, -0.2) is 10.1 Å². The van der Waals surface area contributed by atoms with Crippen molar-refractivity contribution >= 4 is 0 Å². The van der Waals surface area contributed by atoms with Crippen LogP contribution in [0.4, 0.5) is 0 Å². The second kappa shape index (κ2) is 3.69. The lowest BCUT2D eigenvalue weighted by molar-refractivity contribution is 0.456. The van der Waals surface area contributed by atoms with Gasteiger partial charge in [-0.05, 0) is 12.1 Å². The highest BCUT2D eigenvalue weighted by molar-refractivity contribution is 5.27. The van der Waals surface area contributed by atoms with Crippen molar-refractivity contribution in [1.29, 1.82) is 5.26 Å². The second-order valence-corrected chi connectivity index (χ2v) is 2.38. The van der Waals surface area contributed by atoms with E-state index < -0.39 is 6.04 Å². The minimum atomic E-state index is -0.504. The molecule has 3 N–H and O–H groups in total. The van der Waals surface area contributed by atoms with Crippen LogP contribution in [-0.2, 0) is 0 Å². The molecule has 4 nitrogen and oxygen atoms in total. The first-order valence-electron chi connectivity index (χ1n) is 3.52. The van der Waals surface area contributed by atoms with Crippen LogP contribution < -0.4 is 5.73 Å². The summed E-state index contributed by atoms with van der Waals surface area (Å²) in [6.07, 6.45) is 1.69. The van der Waals surface area contributed by atoms with Gasteiger partial charge in [-0.2, -0.15) is 5.26 Å². The zero-order chi connectivity index (χ0) is 8.97. The van der Waals surface area contributed by atoms with Crippen LogP contribution in [0.3, 0.4) is 0 Å². The molecule has 1 heterocycles. The zero-order valence-electron chi connectivity index (χ0n) is 6.44. The van der Waals surface area contributed by atoms with Crippen LogP contribution in [0.5, 0.6) is 5.75 Å². The van der Waals surface area contributed by atoms with E-state index in [1.54, 1.807) is 6.07 Å². The van der Waals surface area contributed by atoms with Gasteiger partial charge < -0.3 is 10.8 Å². The quantitative estimate of drug-likeness (QED) is 0.672. The first-order chi connectivity index (χ1) is 5.75. The molecule has 1 unspecified atom stereocenters. The minimum Gasteiger partial charge on any atom is -0.506 e. The lowest BCUT2D eigenvalue weighted by Gasteiger charge is -2.07. The van der Waals surface area contributed by atoms with E-state index in [1.807, 2.05) is 6.07 Å².